The van der Waals surface area contributed by atoms with E-state index in [0.717, 1.165) is 43.6 Å². The number of Topliss-reactive ketones (excluding diaryl/α,β-unsaturated/α-hetero) is 1. The van der Waals surface area contributed by atoms with Gasteiger partial charge in [0, 0.05) is 43.6 Å². The van der Waals surface area contributed by atoms with Gasteiger partial charge in [0.25, 0.3) is 0 Å². The maximum Gasteiger partial charge on any atom is 0.303 e. The minimum absolute atomic E-state index is 0.0203. The summed E-state index contributed by atoms with van der Waals surface area (Å²) in [5.41, 5.74) is 2.12. The van der Waals surface area contributed by atoms with E-state index in [1.165, 1.54) is 12.5 Å². The first kappa shape index (κ1) is 16.0. The van der Waals surface area contributed by atoms with Gasteiger partial charge in [0.15, 0.2) is 5.78 Å². The Labute approximate surface area is 137 Å². The molecule has 2 aliphatic carbocycles. The van der Waals surface area contributed by atoms with Gasteiger partial charge in [0.1, 0.15) is 0 Å². The molecule has 1 aromatic rings. The van der Waals surface area contributed by atoms with Crippen molar-refractivity contribution in [1.82, 2.24) is 0 Å². The first-order chi connectivity index (χ1) is 11.1. The third-order valence-electron chi connectivity index (χ3n) is 5.28. The summed E-state index contributed by atoms with van der Waals surface area (Å²) in [6.07, 6.45) is 3.30. The topological polar surface area (TPSA) is 46.6 Å². The predicted molar refractivity (Wildman–Crippen MR) is 89.7 cm³/mol. The zero-order chi connectivity index (χ0) is 16.6. The maximum absolute atomic E-state index is 13.0. The largest absolute Gasteiger partial charge is 0.445 e. The van der Waals surface area contributed by atoms with E-state index in [0.29, 0.717) is 6.42 Å². The molecule has 0 heterocycles. The monoisotopic (exact) mass is 315 g/mol. The van der Waals surface area contributed by atoms with Gasteiger partial charge in [0.2, 0.25) is 5.60 Å². The molecule has 0 aliphatic heterocycles. The van der Waals surface area contributed by atoms with E-state index >= 15 is 0 Å². The van der Waals surface area contributed by atoms with Crippen LogP contribution in [0.2, 0.25) is 0 Å². The first-order valence-corrected chi connectivity index (χ1v) is 8.67. The van der Waals surface area contributed by atoms with Gasteiger partial charge in [-0.15, -0.1) is 0 Å². The number of ketones is 1. The summed E-state index contributed by atoms with van der Waals surface area (Å²) in [5.74, 6) is -0.278. The second-order valence-electron chi connectivity index (χ2n) is 6.46. The van der Waals surface area contributed by atoms with Gasteiger partial charge >= 0.3 is 5.97 Å². The lowest BCUT2D eigenvalue weighted by atomic mass is 9.60. The molecule has 4 nitrogen and oxygen atoms in total. The number of hydrogen-bond acceptors (Lipinski definition) is 4. The number of esters is 1. The zero-order valence-electron chi connectivity index (χ0n) is 14.2. The molecule has 4 heteroatoms. The minimum atomic E-state index is -1.04. The molecule has 2 unspecified atom stereocenters. The van der Waals surface area contributed by atoms with E-state index in [1.807, 2.05) is 6.07 Å². The normalized spacial score (nSPS) is 25.7. The van der Waals surface area contributed by atoms with E-state index < -0.39 is 5.60 Å². The van der Waals surface area contributed by atoms with Crippen molar-refractivity contribution in [3.05, 3.63) is 29.3 Å². The Hall–Kier alpha value is -1.84. The molecule has 1 fully saturated rings. The Balaban J connectivity index is 2.19. The van der Waals surface area contributed by atoms with Gasteiger partial charge < -0.3 is 9.64 Å². The number of rotatable bonds is 4. The lowest BCUT2D eigenvalue weighted by Gasteiger charge is -2.50. The SMILES string of the molecule is CCN(CC)c1cccc2c1C1(OC(C)=O)C(=O)CCCCC21. The fourth-order valence-electron chi connectivity index (χ4n) is 4.31. The smallest absolute Gasteiger partial charge is 0.303 e. The van der Waals surface area contributed by atoms with Gasteiger partial charge in [-0.2, -0.15) is 0 Å². The minimum Gasteiger partial charge on any atom is -0.445 e. The van der Waals surface area contributed by atoms with Gasteiger partial charge in [-0.3, -0.25) is 9.59 Å². The van der Waals surface area contributed by atoms with Gasteiger partial charge in [-0.25, -0.2) is 0 Å². The van der Waals surface area contributed by atoms with Crippen LogP contribution in [0.5, 0.6) is 0 Å². The number of ether oxygens (including phenoxy) is 1. The Morgan fingerprint density at radius 2 is 2.04 bits per heavy atom. The summed E-state index contributed by atoms with van der Waals surface area (Å²) in [4.78, 5) is 27.0. The van der Waals surface area contributed by atoms with E-state index in [2.05, 4.69) is 30.9 Å². The number of anilines is 1. The number of nitrogens with zero attached hydrogens (tertiary/aromatic N) is 1. The van der Waals surface area contributed by atoms with Crippen molar-refractivity contribution in [1.29, 1.82) is 0 Å². The Bertz CT molecular complexity index is 636. The number of carbonyl (C=O) groups is 2. The molecule has 0 bridgehead atoms. The van der Waals surface area contributed by atoms with E-state index in [-0.39, 0.29) is 17.7 Å². The van der Waals surface area contributed by atoms with Crippen LogP contribution in [-0.2, 0) is 19.9 Å². The molecule has 124 valence electrons. The van der Waals surface area contributed by atoms with Crippen molar-refractivity contribution in [2.45, 2.75) is 58.0 Å². The van der Waals surface area contributed by atoms with Crippen molar-refractivity contribution in [3.63, 3.8) is 0 Å². The maximum atomic E-state index is 13.0. The predicted octanol–water partition coefficient (Wildman–Crippen LogP) is 3.53. The quantitative estimate of drug-likeness (QED) is 0.797. The highest BCUT2D eigenvalue weighted by atomic mass is 16.6. The van der Waals surface area contributed by atoms with Crippen LogP contribution < -0.4 is 4.90 Å². The summed E-state index contributed by atoms with van der Waals surface area (Å²) in [7, 11) is 0. The Morgan fingerprint density at radius 3 is 2.70 bits per heavy atom. The standard InChI is InChI=1S/C19H25NO3/c1-4-20(5-2)16-11-8-9-14-15-10-6-7-12-17(22)19(15,18(14)16)23-13(3)21/h8-9,11,15H,4-7,10,12H2,1-3H3. The van der Waals surface area contributed by atoms with Crippen LogP contribution in [0.1, 0.15) is 63.5 Å². The highest BCUT2D eigenvalue weighted by molar-refractivity contribution is 5.97. The molecule has 0 amide bonds. The fourth-order valence-corrected chi connectivity index (χ4v) is 4.31. The molecular formula is C19H25NO3. The summed E-state index contributed by atoms with van der Waals surface area (Å²) in [6.45, 7) is 7.34. The average Bonchev–Trinajstić information content (AvgIpc) is 2.64. The zero-order valence-corrected chi connectivity index (χ0v) is 14.2. The van der Waals surface area contributed by atoms with Crippen molar-refractivity contribution in [2.75, 3.05) is 18.0 Å². The van der Waals surface area contributed by atoms with Crippen molar-refractivity contribution in [2.24, 2.45) is 0 Å². The van der Waals surface area contributed by atoms with Crippen LogP contribution in [0.4, 0.5) is 5.69 Å². The molecule has 1 saturated carbocycles. The van der Waals surface area contributed by atoms with Gasteiger partial charge in [0.05, 0.1) is 0 Å². The van der Waals surface area contributed by atoms with Crippen molar-refractivity contribution < 1.29 is 14.3 Å². The Kier molecular flexibility index (Phi) is 4.17. The van der Waals surface area contributed by atoms with E-state index in [4.69, 9.17) is 4.74 Å². The molecule has 0 aromatic heterocycles. The highest BCUT2D eigenvalue weighted by Crippen LogP contribution is 2.60. The van der Waals surface area contributed by atoms with Crippen LogP contribution in [0.15, 0.2) is 18.2 Å². The number of benzene rings is 1. The Morgan fingerprint density at radius 1 is 1.30 bits per heavy atom. The third-order valence-corrected chi connectivity index (χ3v) is 5.28. The van der Waals surface area contributed by atoms with E-state index in [9.17, 15) is 9.59 Å². The van der Waals surface area contributed by atoms with Crippen molar-refractivity contribution in [3.8, 4) is 0 Å². The van der Waals surface area contributed by atoms with Crippen LogP contribution in [0.3, 0.4) is 0 Å². The lowest BCUT2D eigenvalue weighted by Crippen LogP contribution is -2.53. The van der Waals surface area contributed by atoms with Gasteiger partial charge in [-0.1, -0.05) is 18.6 Å². The van der Waals surface area contributed by atoms with Gasteiger partial charge in [-0.05, 0) is 38.3 Å². The first-order valence-electron chi connectivity index (χ1n) is 8.67. The molecule has 23 heavy (non-hydrogen) atoms. The third kappa shape index (κ3) is 2.27. The summed E-state index contributed by atoms with van der Waals surface area (Å²) >= 11 is 0. The highest BCUT2D eigenvalue weighted by Gasteiger charge is 2.61. The molecule has 0 radical (unpaired) electrons. The molecule has 0 N–H and O–H groups in total. The number of hydrogen-bond donors (Lipinski definition) is 0. The second-order valence-corrected chi connectivity index (χ2v) is 6.46. The second kappa shape index (κ2) is 5.99. The number of fused-ring (bicyclic) bond motifs is 4. The molecule has 2 aliphatic rings. The van der Waals surface area contributed by atoms with Crippen LogP contribution in [-0.4, -0.2) is 24.8 Å². The molecule has 2 atom stereocenters. The molecule has 1 aromatic carbocycles. The van der Waals surface area contributed by atoms with Crippen LogP contribution in [0, 0.1) is 0 Å². The molecule has 0 saturated heterocycles. The van der Waals surface area contributed by atoms with Crippen LogP contribution >= 0.6 is 0 Å². The molecule has 3 rings (SSSR count). The summed E-state index contributed by atoms with van der Waals surface area (Å²) in [5, 5.41) is 0. The lowest BCUT2D eigenvalue weighted by molar-refractivity contribution is -0.174. The van der Waals surface area contributed by atoms with Crippen LogP contribution in [0.25, 0.3) is 0 Å². The molecular weight excluding hydrogens is 290 g/mol. The average molecular weight is 315 g/mol. The molecule has 0 spiro atoms. The van der Waals surface area contributed by atoms with E-state index in [1.54, 1.807) is 0 Å². The summed E-state index contributed by atoms with van der Waals surface area (Å²) in [6, 6.07) is 6.19. The van der Waals surface area contributed by atoms with Crippen molar-refractivity contribution >= 4 is 17.4 Å². The number of carbonyl (C=O) groups excluding carboxylic acids is 2. The fraction of sp³-hybridized carbons (Fsp3) is 0.579. The summed E-state index contributed by atoms with van der Waals surface area (Å²) < 4.78 is 5.76.